The fourth-order valence-electron chi connectivity index (χ4n) is 2.96. The van der Waals surface area contributed by atoms with Gasteiger partial charge in [-0.1, -0.05) is 11.3 Å². The molecule has 1 N–H and O–H groups in total. The highest BCUT2D eigenvalue weighted by atomic mass is 16.1. The average molecular weight is 343 g/mol. The van der Waals surface area contributed by atoms with Crippen molar-refractivity contribution in [1.29, 1.82) is 0 Å². The Bertz CT molecular complexity index is 1280. The van der Waals surface area contributed by atoms with Crippen molar-refractivity contribution in [3.05, 3.63) is 76.8 Å². The minimum absolute atomic E-state index is 0.108. The molecule has 5 rings (SSSR count). The molecule has 0 saturated heterocycles. The predicted octanol–water partition coefficient (Wildman–Crippen LogP) is 1.90. The van der Waals surface area contributed by atoms with Gasteiger partial charge in [0.25, 0.3) is 0 Å². The van der Waals surface area contributed by atoms with Crippen molar-refractivity contribution >= 4 is 22.1 Å². The number of rotatable bonds is 3. The van der Waals surface area contributed by atoms with E-state index >= 15 is 0 Å². The molecule has 0 unspecified atom stereocenters. The van der Waals surface area contributed by atoms with Crippen molar-refractivity contribution in [2.24, 2.45) is 0 Å². The fraction of sp³-hybridized carbons (Fsp3) is 0.0556. The van der Waals surface area contributed by atoms with Crippen LogP contribution in [-0.2, 0) is 6.54 Å². The van der Waals surface area contributed by atoms with Crippen LogP contribution in [0.25, 0.3) is 27.9 Å². The van der Waals surface area contributed by atoms with E-state index in [2.05, 4.69) is 25.4 Å². The monoisotopic (exact) mass is 343 g/mol. The molecule has 4 heterocycles. The third kappa shape index (κ3) is 2.44. The lowest BCUT2D eigenvalue weighted by atomic mass is 10.1. The van der Waals surface area contributed by atoms with Crippen LogP contribution < -0.4 is 5.56 Å². The van der Waals surface area contributed by atoms with Crippen LogP contribution in [0.15, 0.2) is 65.7 Å². The minimum atomic E-state index is -0.108. The summed E-state index contributed by atoms with van der Waals surface area (Å²) in [6.07, 6.45) is 3.55. The van der Waals surface area contributed by atoms with Crippen LogP contribution in [0, 0.1) is 0 Å². The highest BCUT2D eigenvalue weighted by Crippen LogP contribution is 2.16. The molecule has 0 aliphatic rings. The number of aromatic amines is 1. The first-order valence-electron chi connectivity index (χ1n) is 8.08. The number of hydrogen-bond donors (Lipinski definition) is 1. The second-order valence-corrected chi connectivity index (χ2v) is 5.95. The average Bonchev–Trinajstić information content (AvgIpc) is 3.32. The van der Waals surface area contributed by atoms with Gasteiger partial charge in [-0.3, -0.25) is 4.79 Å². The number of nitrogens with one attached hydrogen (secondary N) is 1. The Labute approximate surface area is 146 Å². The quantitative estimate of drug-likeness (QED) is 0.540. The second kappa shape index (κ2) is 5.62. The molecule has 0 aliphatic heterocycles. The Morgan fingerprint density at radius 2 is 2.04 bits per heavy atom. The summed E-state index contributed by atoms with van der Waals surface area (Å²) in [6.45, 7) is 0.529. The van der Waals surface area contributed by atoms with E-state index in [0.29, 0.717) is 18.0 Å². The normalized spacial score (nSPS) is 11.4. The van der Waals surface area contributed by atoms with E-state index < -0.39 is 0 Å². The summed E-state index contributed by atoms with van der Waals surface area (Å²) in [6, 6.07) is 14.8. The summed E-state index contributed by atoms with van der Waals surface area (Å²) in [5.74, 6) is 0.710. The summed E-state index contributed by atoms with van der Waals surface area (Å²) in [4.78, 5) is 18.9. The standard InChI is InChI=1S/C18H13N7O/c26-17-7-3-13-10-12(2-4-14(13)20-17)11-25-18-15(22-23-25)5-6-16(21-18)24-9-1-8-19-24/h1-10H,11H2,(H,20,26). The van der Waals surface area contributed by atoms with E-state index in [0.717, 1.165) is 22.0 Å². The maximum atomic E-state index is 11.4. The lowest BCUT2D eigenvalue weighted by molar-refractivity contribution is 0.663. The molecule has 0 saturated carbocycles. The molecular formula is C18H13N7O. The van der Waals surface area contributed by atoms with Crippen molar-refractivity contribution in [3.63, 3.8) is 0 Å². The molecule has 1 aromatic carbocycles. The Balaban J connectivity index is 1.55. The third-order valence-electron chi connectivity index (χ3n) is 4.20. The molecule has 8 heteroatoms. The van der Waals surface area contributed by atoms with Gasteiger partial charge in [-0.05, 0) is 47.3 Å². The number of benzene rings is 1. The first kappa shape index (κ1) is 14.5. The lowest BCUT2D eigenvalue weighted by Gasteiger charge is -2.05. The molecular weight excluding hydrogens is 330 g/mol. The van der Waals surface area contributed by atoms with Crippen LogP contribution in [0.3, 0.4) is 0 Å². The van der Waals surface area contributed by atoms with Crippen LogP contribution in [0.1, 0.15) is 5.56 Å². The zero-order valence-corrected chi connectivity index (χ0v) is 13.6. The maximum Gasteiger partial charge on any atom is 0.248 e. The van der Waals surface area contributed by atoms with Crippen LogP contribution in [0.4, 0.5) is 0 Å². The Morgan fingerprint density at radius 3 is 2.92 bits per heavy atom. The van der Waals surface area contributed by atoms with E-state index in [1.165, 1.54) is 6.07 Å². The Morgan fingerprint density at radius 1 is 1.08 bits per heavy atom. The molecule has 0 radical (unpaired) electrons. The molecule has 126 valence electrons. The first-order valence-corrected chi connectivity index (χ1v) is 8.08. The number of pyridine rings is 2. The van der Waals surface area contributed by atoms with E-state index in [1.54, 1.807) is 15.6 Å². The topological polar surface area (TPSA) is 94.3 Å². The summed E-state index contributed by atoms with van der Waals surface area (Å²) < 4.78 is 3.46. The Hall–Kier alpha value is -3.81. The molecule has 0 atom stereocenters. The van der Waals surface area contributed by atoms with Gasteiger partial charge in [0.1, 0.15) is 5.52 Å². The van der Waals surface area contributed by atoms with Gasteiger partial charge in [-0.2, -0.15) is 5.10 Å². The van der Waals surface area contributed by atoms with Gasteiger partial charge in [0.05, 0.1) is 6.54 Å². The zero-order valence-electron chi connectivity index (χ0n) is 13.6. The van der Waals surface area contributed by atoms with Gasteiger partial charge in [-0.15, -0.1) is 5.10 Å². The van der Waals surface area contributed by atoms with Crippen molar-refractivity contribution in [2.75, 3.05) is 0 Å². The SMILES string of the molecule is O=c1ccc2cc(Cn3nnc4ccc(-n5cccn5)nc43)ccc2[nH]1. The van der Waals surface area contributed by atoms with Gasteiger partial charge in [0, 0.05) is 24.0 Å². The van der Waals surface area contributed by atoms with Crippen molar-refractivity contribution in [3.8, 4) is 5.82 Å². The van der Waals surface area contributed by atoms with Gasteiger partial charge >= 0.3 is 0 Å². The number of H-pyrrole nitrogens is 1. The first-order chi connectivity index (χ1) is 12.8. The number of hydrogen-bond acceptors (Lipinski definition) is 5. The minimum Gasteiger partial charge on any atom is -0.322 e. The molecule has 4 aromatic heterocycles. The van der Waals surface area contributed by atoms with Gasteiger partial charge in [0.15, 0.2) is 11.5 Å². The van der Waals surface area contributed by atoms with Gasteiger partial charge < -0.3 is 4.98 Å². The summed E-state index contributed by atoms with van der Waals surface area (Å²) in [5, 5.41) is 13.6. The molecule has 26 heavy (non-hydrogen) atoms. The molecule has 0 amide bonds. The lowest BCUT2D eigenvalue weighted by Crippen LogP contribution is -2.06. The van der Waals surface area contributed by atoms with E-state index in [-0.39, 0.29) is 5.56 Å². The molecule has 0 bridgehead atoms. The van der Waals surface area contributed by atoms with E-state index in [4.69, 9.17) is 0 Å². The van der Waals surface area contributed by atoms with Gasteiger partial charge in [0.2, 0.25) is 5.56 Å². The highest BCUT2D eigenvalue weighted by molar-refractivity contribution is 5.79. The van der Waals surface area contributed by atoms with Crippen LogP contribution in [0.5, 0.6) is 0 Å². The van der Waals surface area contributed by atoms with Gasteiger partial charge in [-0.25, -0.2) is 14.3 Å². The van der Waals surface area contributed by atoms with Crippen molar-refractivity contribution < 1.29 is 0 Å². The molecule has 0 aliphatic carbocycles. The zero-order chi connectivity index (χ0) is 17.5. The predicted molar refractivity (Wildman–Crippen MR) is 96.1 cm³/mol. The fourth-order valence-corrected chi connectivity index (χ4v) is 2.96. The number of aromatic nitrogens is 7. The smallest absolute Gasteiger partial charge is 0.248 e. The summed E-state index contributed by atoms with van der Waals surface area (Å²) >= 11 is 0. The van der Waals surface area contributed by atoms with Crippen LogP contribution in [0.2, 0.25) is 0 Å². The van der Waals surface area contributed by atoms with Crippen LogP contribution >= 0.6 is 0 Å². The maximum absolute atomic E-state index is 11.4. The van der Waals surface area contributed by atoms with Crippen molar-refractivity contribution in [1.82, 2.24) is 34.7 Å². The third-order valence-corrected chi connectivity index (χ3v) is 4.20. The Kier molecular flexibility index (Phi) is 3.14. The van der Waals surface area contributed by atoms with Crippen molar-refractivity contribution in [2.45, 2.75) is 6.54 Å². The largest absolute Gasteiger partial charge is 0.322 e. The highest BCUT2D eigenvalue weighted by Gasteiger charge is 2.09. The molecule has 8 nitrogen and oxygen atoms in total. The molecule has 5 aromatic rings. The number of fused-ring (bicyclic) bond motifs is 2. The molecule has 0 spiro atoms. The summed E-state index contributed by atoms with van der Waals surface area (Å²) in [7, 11) is 0. The molecule has 0 fully saturated rings. The van der Waals surface area contributed by atoms with Crippen LogP contribution in [-0.4, -0.2) is 34.7 Å². The number of nitrogens with zero attached hydrogens (tertiary/aromatic N) is 6. The second-order valence-electron chi connectivity index (χ2n) is 5.95. The summed E-state index contributed by atoms with van der Waals surface area (Å²) in [5.41, 5.74) is 3.17. The van der Waals surface area contributed by atoms with E-state index in [1.807, 2.05) is 48.7 Å². The van der Waals surface area contributed by atoms with E-state index in [9.17, 15) is 4.79 Å².